The van der Waals surface area contributed by atoms with Gasteiger partial charge in [-0.1, -0.05) is 42.5 Å². The number of nitrogens with one attached hydrogen (secondary N) is 1. The third-order valence-electron chi connectivity index (χ3n) is 2.74. The van der Waals surface area contributed by atoms with E-state index in [0.717, 1.165) is 11.1 Å². The lowest BCUT2D eigenvalue weighted by molar-refractivity contribution is -0.121. The van der Waals surface area contributed by atoms with Crippen molar-refractivity contribution < 1.29 is 14.6 Å². The molecule has 0 atom stereocenters. The summed E-state index contributed by atoms with van der Waals surface area (Å²) in [5, 5.41) is 11.8. The molecule has 0 aliphatic heterocycles. The number of amides is 1. The first-order chi connectivity index (χ1) is 9.78. The van der Waals surface area contributed by atoms with Crippen LogP contribution in [0.15, 0.2) is 54.6 Å². The normalized spacial score (nSPS) is 10.2. The molecule has 4 heteroatoms. The van der Waals surface area contributed by atoms with Crippen molar-refractivity contribution in [1.82, 2.24) is 0 Å². The lowest BCUT2D eigenvalue weighted by Crippen LogP contribution is -2.18. The fourth-order valence-electron chi connectivity index (χ4n) is 1.78. The highest BCUT2D eigenvalue weighted by Gasteiger charge is 2.03. The zero-order valence-corrected chi connectivity index (χ0v) is 11.1. The maximum Gasteiger partial charge on any atom is 0.250 e. The molecule has 0 aliphatic carbocycles. The van der Waals surface area contributed by atoms with Crippen molar-refractivity contribution in [2.45, 2.75) is 13.2 Å². The van der Waals surface area contributed by atoms with Crippen LogP contribution in [0.2, 0.25) is 0 Å². The summed E-state index contributed by atoms with van der Waals surface area (Å²) in [6.07, 6.45) is 0. The number of hydrogen-bond donors (Lipinski definition) is 2. The Kier molecular flexibility index (Phi) is 5.29. The second kappa shape index (κ2) is 7.43. The largest absolute Gasteiger partial charge is 0.392 e. The van der Waals surface area contributed by atoms with Gasteiger partial charge in [0.15, 0.2) is 0 Å². The van der Waals surface area contributed by atoms with Gasteiger partial charge < -0.3 is 15.2 Å². The highest BCUT2D eigenvalue weighted by atomic mass is 16.5. The number of aliphatic hydroxyl groups excluding tert-OH is 1. The minimum absolute atomic E-state index is 0.00174. The van der Waals surface area contributed by atoms with Gasteiger partial charge in [-0.3, -0.25) is 4.79 Å². The molecule has 0 unspecified atom stereocenters. The number of aliphatic hydroxyl groups is 1. The van der Waals surface area contributed by atoms with Crippen LogP contribution < -0.4 is 5.32 Å². The second-order valence-corrected chi connectivity index (χ2v) is 4.39. The summed E-state index contributed by atoms with van der Waals surface area (Å²) >= 11 is 0. The lowest BCUT2D eigenvalue weighted by atomic mass is 10.2. The van der Waals surface area contributed by atoms with E-state index >= 15 is 0 Å². The van der Waals surface area contributed by atoms with Crippen molar-refractivity contribution in [3.8, 4) is 0 Å². The summed E-state index contributed by atoms with van der Waals surface area (Å²) in [6, 6.07) is 16.8. The Morgan fingerprint density at radius 2 is 1.80 bits per heavy atom. The van der Waals surface area contributed by atoms with Crippen LogP contribution in [0.4, 0.5) is 5.69 Å². The molecule has 0 aromatic heterocycles. The number of benzene rings is 2. The van der Waals surface area contributed by atoms with Crippen molar-refractivity contribution in [3.05, 3.63) is 65.7 Å². The SMILES string of the molecule is O=C(COCc1ccccc1)Nc1cccc(CO)c1. The molecule has 20 heavy (non-hydrogen) atoms. The quantitative estimate of drug-likeness (QED) is 0.847. The van der Waals surface area contributed by atoms with Gasteiger partial charge in [-0.15, -0.1) is 0 Å². The molecule has 2 aromatic carbocycles. The molecule has 2 rings (SSSR count). The number of anilines is 1. The van der Waals surface area contributed by atoms with Crippen LogP contribution in [0.5, 0.6) is 0 Å². The smallest absolute Gasteiger partial charge is 0.250 e. The highest BCUT2D eigenvalue weighted by Crippen LogP contribution is 2.10. The van der Waals surface area contributed by atoms with E-state index in [1.54, 1.807) is 24.3 Å². The minimum Gasteiger partial charge on any atom is -0.392 e. The van der Waals surface area contributed by atoms with Gasteiger partial charge in [0.25, 0.3) is 0 Å². The van der Waals surface area contributed by atoms with Gasteiger partial charge in [0.1, 0.15) is 6.61 Å². The first-order valence-electron chi connectivity index (χ1n) is 6.39. The van der Waals surface area contributed by atoms with Crippen molar-refractivity contribution in [2.75, 3.05) is 11.9 Å². The molecule has 0 saturated carbocycles. The van der Waals surface area contributed by atoms with Crippen LogP contribution >= 0.6 is 0 Å². The molecule has 0 spiro atoms. The summed E-state index contributed by atoms with van der Waals surface area (Å²) in [5.41, 5.74) is 2.44. The van der Waals surface area contributed by atoms with Crippen molar-refractivity contribution in [1.29, 1.82) is 0 Å². The van der Waals surface area contributed by atoms with Gasteiger partial charge in [0, 0.05) is 5.69 Å². The zero-order chi connectivity index (χ0) is 14.2. The van der Waals surface area contributed by atoms with E-state index in [1.165, 1.54) is 0 Å². The Hall–Kier alpha value is -2.17. The molecule has 1 amide bonds. The maximum atomic E-state index is 11.7. The topological polar surface area (TPSA) is 58.6 Å². The first kappa shape index (κ1) is 14.2. The van der Waals surface area contributed by atoms with E-state index in [2.05, 4.69) is 5.32 Å². The third-order valence-corrected chi connectivity index (χ3v) is 2.74. The molecule has 0 aliphatic rings. The summed E-state index contributed by atoms with van der Waals surface area (Å²) in [7, 11) is 0. The average molecular weight is 271 g/mol. The molecule has 0 saturated heterocycles. The van der Waals surface area contributed by atoms with E-state index in [0.29, 0.717) is 12.3 Å². The van der Waals surface area contributed by atoms with E-state index in [9.17, 15) is 4.79 Å². The lowest BCUT2D eigenvalue weighted by Gasteiger charge is -2.07. The number of rotatable bonds is 6. The van der Waals surface area contributed by atoms with Gasteiger partial charge >= 0.3 is 0 Å². The number of carbonyl (C=O) groups is 1. The van der Waals surface area contributed by atoms with Gasteiger partial charge in [0.05, 0.1) is 13.2 Å². The standard InChI is InChI=1S/C16H17NO3/c18-10-14-7-4-8-15(9-14)17-16(19)12-20-11-13-5-2-1-3-6-13/h1-9,18H,10-12H2,(H,17,19). The first-order valence-corrected chi connectivity index (χ1v) is 6.39. The van der Waals surface area contributed by atoms with Crippen molar-refractivity contribution in [3.63, 3.8) is 0 Å². The van der Waals surface area contributed by atoms with Crippen LogP contribution in [0.25, 0.3) is 0 Å². The molecule has 2 N–H and O–H groups in total. The summed E-state index contributed by atoms with van der Waals surface area (Å²) in [4.78, 5) is 11.7. The van der Waals surface area contributed by atoms with Crippen LogP contribution in [-0.4, -0.2) is 17.6 Å². The summed E-state index contributed by atoms with van der Waals surface area (Å²) in [6.45, 7) is 0.359. The Balaban J connectivity index is 1.77. The molecular formula is C16H17NO3. The molecular weight excluding hydrogens is 254 g/mol. The van der Waals surface area contributed by atoms with Gasteiger partial charge in [-0.05, 0) is 23.3 Å². The van der Waals surface area contributed by atoms with Crippen LogP contribution in [0.3, 0.4) is 0 Å². The molecule has 2 aromatic rings. The predicted octanol–water partition coefficient (Wildman–Crippen LogP) is 2.33. The van der Waals surface area contributed by atoms with Gasteiger partial charge in [-0.2, -0.15) is 0 Å². The third kappa shape index (κ3) is 4.50. The van der Waals surface area contributed by atoms with E-state index in [-0.39, 0.29) is 19.1 Å². The fraction of sp³-hybridized carbons (Fsp3) is 0.188. The Bertz CT molecular complexity index is 555. The van der Waals surface area contributed by atoms with E-state index in [1.807, 2.05) is 30.3 Å². The summed E-state index contributed by atoms with van der Waals surface area (Å²) in [5.74, 6) is -0.212. The van der Waals surface area contributed by atoms with Gasteiger partial charge in [0.2, 0.25) is 5.91 Å². The molecule has 0 radical (unpaired) electrons. The van der Waals surface area contributed by atoms with Crippen LogP contribution in [0.1, 0.15) is 11.1 Å². The Morgan fingerprint density at radius 3 is 2.55 bits per heavy atom. The monoisotopic (exact) mass is 271 g/mol. The van der Waals surface area contributed by atoms with Crippen molar-refractivity contribution in [2.24, 2.45) is 0 Å². The number of ether oxygens (including phenoxy) is 1. The van der Waals surface area contributed by atoms with Crippen LogP contribution in [0, 0.1) is 0 Å². The average Bonchev–Trinajstić information content (AvgIpc) is 2.48. The Morgan fingerprint density at radius 1 is 1.05 bits per heavy atom. The molecule has 0 bridgehead atoms. The highest BCUT2D eigenvalue weighted by molar-refractivity contribution is 5.91. The minimum atomic E-state index is -0.212. The van der Waals surface area contributed by atoms with Crippen molar-refractivity contribution >= 4 is 11.6 Å². The molecule has 4 nitrogen and oxygen atoms in total. The van der Waals surface area contributed by atoms with E-state index < -0.39 is 0 Å². The Labute approximate surface area is 118 Å². The molecule has 0 fully saturated rings. The summed E-state index contributed by atoms with van der Waals surface area (Å²) < 4.78 is 5.35. The van der Waals surface area contributed by atoms with Crippen LogP contribution in [-0.2, 0) is 22.7 Å². The number of carbonyl (C=O) groups excluding carboxylic acids is 1. The second-order valence-electron chi connectivity index (χ2n) is 4.39. The van der Waals surface area contributed by atoms with E-state index in [4.69, 9.17) is 9.84 Å². The molecule has 0 heterocycles. The predicted molar refractivity (Wildman–Crippen MR) is 77.1 cm³/mol. The van der Waals surface area contributed by atoms with Gasteiger partial charge in [-0.25, -0.2) is 0 Å². The maximum absolute atomic E-state index is 11.7. The molecule has 104 valence electrons. The number of hydrogen-bond acceptors (Lipinski definition) is 3. The zero-order valence-electron chi connectivity index (χ0n) is 11.1. The fourth-order valence-corrected chi connectivity index (χ4v) is 1.78.